The second-order valence-electron chi connectivity index (χ2n) is 4.61. The summed E-state index contributed by atoms with van der Waals surface area (Å²) in [7, 11) is 0. The molecule has 3 N–H and O–H groups in total. The van der Waals surface area contributed by atoms with Crippen molar-refractivity contribution < 1.29 is 19.4 Å². The summed E-state index contributed by atoms with van der Waals surface area (Å²) < 4.78 is 10.4. The predicted octanol–water partition coefficient (Wildman–Crippen LogP) is 0.764. The lowest BCUT2D eigenvalue weighted by Gasteiger charge is -2.21. The Hall–Kier alpha value is -0.880. The molecule has 5 nitrogen and oxygen atoms in total. The molecule has 0 bridgehead atoms. The van der Waals surface area contributed by atoms with E-state index in [1.807, 2.05) is 19.9 Å². The van der Waals surface area contributed by atoms with Crippen LogP contribution < -0.4 is 5.32 Å². The molecule has 18 heavy (non-hydrogen) atoms. The first-order valence-electron chi connectivity index (χ1n) is 6.26. The Labute approximate surface area is 108 Å². The van der Waals surface area contributed by atoms with E-state index in [9.17, 15) is 5.11 Å². The zero-order valence-corrected chi connectivity index (χ0v) is 11.0. The number of nitrogens with one attached hydrogen (secondary N) is 1. The molecule has 0 radical (unpaired) electrons. The predicted molar refractivity (Wildman–Crippen MR) is 68.1 cm³/mol. The molecule has 0 aromatic carbocycles. The van der Waals surface area contributed by atoms with E-state index in [0.717, 1.165) is 5.76 Å². The Balaban J connectivity index is 2.08. The Morgan fingerprint density at radius 2 is 2.22 bits per heavy atom. The molecule has 104 valence electrons. The lowest BCUT2D eigenvalue weighted by Crippen LogP contribution is -2.40. The summed E-state index contributed by atoms with van der Waals surface area (Å²) in [6.45, 7) is 5.15. The molecule has 0 amide bonds. The van der Waals surface area contributed by atoms with Gasteiger partial charge in [0.2, 0.25) is 0 Å². The summed E-state index contributed by atoms with van der Waals surface area (Å²) in [6, 6.07) is 3.79. The van der Waals surface area contributed by atoms with Gasteiger partial charge in [-0.2, -0.15) is 0 Å². The maximum atomic E-state index is 9.70. The lowest BCUT2D eigenvalue weighted by atomic mass is 10.1. The molecule has 0 fully saturated rings. The normalized spacial score (nSPS) is 16.4. The van der Waals surface area contributed by atoms with Crippen molar-refractivity contribution in [2.45, 2.75) is 32.6 Å². The smallest absolute Gasteiger partial charge is 0.129 e. The molecule has 0 spiro atoms. The Kier molecular flexibility index (Phi) is 6.97. The molecular formula is C13H23NO4. The molecular weight excluding hydrogens is 234 g/mol. The lowest BCUT2D eigenvalue weighted by molar-refractivity contribution is 0.0205. The van der Waals surface area contributed by atoms with Crippen LogP contribution in [0, 0.1) is 5.92 Å². The van der Waals surface area contributed by atoms with Crippen molar-refractivity contribution in [2.75, 3.05) is 19.8 Å². The van der Waals surface area contributed by atoms with Gasteiger partial charge in [-0.05, 0) is 25.0 Å². The van der Waals surface area contributed by atoms with E-state index in [4.69, 9.17) is 14.3 Å². The summed E-state index contributed by atoms with van der Waals surface area (Å²) >= 11 is 0. The molecule has 0 aliphatic heterocycles. The molecule has 5 heteroatoms. The third-order valence-corrected chi connectivity index (χ3v) is 2.95. The molecule has 3 unspecified atom stereocenters. The van der Waals surface area contributed by atoms with E-state index in [0.29, 0.717) is 13.2 Å². The first kappa shape index (κ1) is 15.2. The maximum absolute atomic E-state index is 9.70. The average molecular weight is 257 g/mol. The van der Waals surface area contributed by atoms with E-state index in [-0.39, 0.29) is 25.2 Å². The third kappa shape index (κ3) is 5.64. The molecule has 3 atom stereocenters. The number of aliphatic hydroxyl groups is 2. The maximum Gasteiger partial charge on any atom is 0.129 e. The SMILES string of the molecule is CC(CO)C(C)NCC(O)COCc1ccco1. The fourth-order valence-electron chi connectivity index (χ4n) is 1.43. The van der Waals surface area contributed by atoms with Crippen LogP contribution >= 0.6 is 0 Å². The number of furan rings is 1. The minimum absolute atomic E-state index is 0.138. The molecule has 0 saturated carbocycles. The molecule has 1 aromatic rings. The number of hydrogen-bond acceptors (Lipinski definition) is 5. The van der Waals surface area contributed by atoms with E-state index in [1.54, 1.807) is 12.3 Å². The minimum Gasteiger partial charge on any atom is -0.467 e. The monoisotopic (exact) mass is 257 g/mol. The van der Waals surface area contributed by atoms with Gasteiger partial charge in [0.05, 0.1) is 19.0 Å². The van der Waals surface area contributed by atoms with Gasteiger partial charge in [-0.25, -0.2) is 0 Å². The van der Waals surface area contributed by atoms with E-state index >= 15 is 0 Å². The van der Waals surface area contributed by atoms with Crippen molar-refractivity contribution in [3.05, 3.63) is 24.2 Å². The van der Waals surface area contributed by atoms with Gasteiger partial charge < -0.3 is 24.7 Å². The van der Waals surface area contributed by atoms with Gasteiger partial charge in [0.25, 0.3) is 0 Å². The largest absolute Gasteiger partial charge is 0.467 e. The highest BCUT2D eigenvalue weighted by atomic mass is 16.5. The molecule has 1 heterocycles. The van der Waals surface area contributed by atoms with E-state index in [2.05, 4.69) is 5.32 Å². The second-order valence-corrected chi connectivity index (χ2v) is 4.61. The highest BCUT2D eigenvalue weighted by Crippen LogP contribution is 2.03. The van der Waals surface area contributed by atoms with Gasteiger partial charge in [-0.15, -0.1) is 0 Å². The van der Waals surface area contributed by atoms with Gasteiger partial charge in [0.15, 0.2) is 0 Å². The van der Waals surface area contributed by atoms with Crippen molar-refractivity contribution in [1.29, 1.82) is 0 Å². The van der Waals surface area contributed by atoms with Crippen LogP contribution in [0.1, 0.15) is 19.6 Å². The Bertz CT molecular complexity index is 302. The first-order chi connectivity index (χ1) is 8.63. The number of aliphatic hydroxyl groups excluding tert-OH is 2. The van der Waals surface area contributed by atoms with Crippen molar-refractivity contribution in [1.82, 2.24) is 5.32 Å². The second kappa shape index (κ2) is 8.26. The van der Waals surface area contributed by atoms with Crippen LogP contribution in [0.15, 0.2) is 22.8 Å². The van der Waals surface area contributed by atoms with Crippen LogP contribution in [-0.2, 0) is 11.3 Å². The number of rotatable bonds is 9. The van der Waals surface area contributed by atoms with Gasteiger partial charge in [0.1, 0.15) is 12.4 Å². The third-order valence-electron chi connectivity index (χ3n) is 2.95. The highest BCUT2D eigenvalue weighted by molar-refractivity contribution is 4.96. The highest BCUT2D eigenvalue weighted by Gasteiger charge is 2.12. The van der Waals surface area contributed by atoms with Gasteiger partial charge in [-0.3, -0.25) is 0 Å². The van der Waals surface area contributed by atoms with Crippen molar-refractivity contribution in [3.63, 3.8) is 0 Å². The summed E-state index contributed by atoms with van der Waals surface area (Å²) in [5.74, 6) is 0.915. The van der Waals surface area contributed by atoms with Gasteiger partial charge in [0, 0.05) is 19.2 Å². The Morgan fingerprint density at radius 1 is 1.44 bits per heavy atom. The first-order valence-corrected chi connectivity index (χ1v) is 6.26. The summed E-state index contributed by atoms with van der Waals surface area (Å²) in [4.78, 5) is 0. The van der Waals surface area contributed by atoms with E-state index < -0.39 is 6.10 Å². The van der Waals surface area contributed by atoms with E-state index in [1.165, 1.54) is 0 Å². The Morgan fingerprint density at radius 3 is 2.83 bits per heavy atom. The van der Waals surface area contributed by atoms with Crippen LogP contribution in [0.5, 0.6) is 0 Å². The number of hydrogen-bond donors (Lipinski definition) is 3. The van der Waals surface area contributed by atoms with Crippen LogP contribution in [0.3, 0.4) is 0 Å². The summed E-state index contributed by atoms with van der Waals surface area (Å²) in [5.41, 5.74) is 0. The standard InChI is InChI=1S/C13H23NO4/c1-10(7-15)11(2)14-6-12(16)8-17-9-13-4-3-5-18-13/h3-5,10-12,14-16H,6-9H2,1-2H3. The minimum atomic E-state index is -0.562. The summed E-state index contributed by atoms with van der Waals surface area (Å²) in [6.07, 6.45) is 1.03. The van der Waals surface area contributed by atoms with Crippen molar-refractivity contribution >= 4 is 0 Å². The van der Waals surface area contributed by atoms with Gasteiger partial charge >= 0.3 is 0 Å². The fraction of sp³-hybridized carbons (Fsp3) is 0.692. The zero-order chi connectivity index (χ0) is 13.4. The van der Waals surface area contributed by atoms with Gasteiger partial charge in [-0.1, -0.05) is 6.92 Å². The molecule has 1 aromatic heterocycles. The molecule has 1 rings (SSSR count). The topological polar surface area (TPSA) is 74.9 Å². The molecule has 0 aliphatic carbocycles. The zero-order valence-electron chi connectivity index (χ0n) is 11.0. The van der Waals surface area contributed by atoms with Crippen LogP contribution in [-0.4, -0.2) is 42.1 Å². The van der Waals surface area contributed by atoms with Crippen LogP contribution in [0.2, 0.25) is 0 Å². The van der Waals surface area contributed by atoms with Crippen molar-refractivity contribution in [3.8, 4) is 0 Å². The molecule has 0 aliphatic rings. The quantitative estimate of drug-likeness (QED) is 0.609. The number of ether oxygens (including phenoxy) is 1. The van der Waals surface area contributed by atoms with Crippen LogP contribution in [0.4, 0.5) is 0 Å². The van der Waals surface area contributed by atoms with Crippen LogP contribution in [0.25, 0.3) is 0 Å². The van der Waals surface area contributed by atoms with Crippen molar-refractivity contribution in [2.24, 2.45) is 5.92 Å². The fourth-order valence-corrected chi connectivity index (χ4v) is 1.43. The molecule has 0 saturated heterocycles. The average Bonchev–Trinajstić information content (AvgIpc) is 2.88. The summed E-state index contributed by atoms with van der Waals surface area (Å²) in [5, 5.41) is 21.8.